The molecule has 0 bridgehead atoms. The maximum atomic E-state index is 12.7. The van der Waals surface area contributed by atoms with Crippen LogP contribution >= 0.6 is 0 Å². The molecule has 1 N–H and O–H groups in total. The second kappa shape index (κ2) is 8.26. The molecule has 1 aromatic carbocycles. The van der Waals surface area contributed by atoms with Gasteiger partial charge in [-0.3, -0.25) is 9.69 Å². The number of benzene rings is 1. The van der Waals surface area contributed by atoms with E-state index in [9.17, 15) is 18.0 Å². The van der Waals surface area contributed by atoms with Gasteiger partial charge in [0.15, 0.2) is 6.61 Å². The van der Waals surface area contributed by atoms with Crippen LogP contribution in [-0.2, 0) is 9.53 Å². The number of alkyl halides is 3. The van der Waals surface area contributed by atoms with Crippen molar-refractivity contribution >= 4 is 11.6 Å². The third kappa shape index (κ3) is 5.11. The molecule has 0 radical (unpaired) electrons. The fourth-order valence-corrected chi connectivity index (χ4v) is 3.57. The quantitative estimate of drug-likeness (QED) is 0.862. The maximum absolute atomic E-state index is 12.7. The highest BCUT2D eigenvalue weighted by molar-refractivity contribution is 5.95. The minimum absolute atomic E-state index is 0.0627. The van der Waals surface area contributed by atoms with Crippen LogP contribution in [0, 0.1) is 0 Å². The summed E-state index contributed by atoms with van der Waals surface area (Å²) in [4.78, 5) is 14.9. The van der Waals surface area contributed by atoms with Crippen LogP contribution < -0.4 is 10.1 Å². The number of rotatable bonds is 5. The molecule has 26 heavy (non-hydrogen) atoms. The molecule has 0 spiro atoms. The molecule has 1 saturated carbocycles. The molecule has 144 valence electrons. The van der Waals surface area contributed by atoms with Gasteiger partial charge in [0.2, 0.25) is 5.91 Å². The Bertz CT molecular complexity index is 618. The summed E-state index contributed by atoms with van der Waals surface area (Å²) < 4.78 is 47.0. The van der Waals surface area contributed by atoms with Gasteiger partial charge in [-0.05, 0) is 25.0 Å². The van der Waals surface area contributed by atoms with Gasteiger partial charge in [0.1, 0.15) is 11.8 Å². The summed E-state index contributed by atoms with van der Waals surface area (Å²) in [5, 5.41) is 2.78. The van der Waals surface area contributed by atoms with Crippen LogP contribution in [0.2, 0.25) is 0 Å². The molecule has 1 saturated heterocycles. The molecule has 1 aliphatic carbocycles. The minimum Gasteiger partial charge on any atom is -0.484 e. The number of hydrogen-bond acceptors (Lipinski definition) is 4. The number of carbonyl (C=O) groups excluding carboxylic acids is 1. The zero-order chi connectivity index (χ0) is 18.6. The van der Waals surface area contributed by atoms with Gasteiger partial charge >= 0.3 is 6.18 Å². The van der Waals surface area contributed by atoms with Crippen molar-refractivity contribution in [2.45, 2.75) is 43.9 Å². The van der Waals surface area contributed by atoms with E-state index in [1.165, 1.54) is 25.0 Å². The van der Waals surface area contributed by atoms with Crippen molar-refractivity contribution in [1.29, 1.82) is 0 Å². The number of ether oxygens (including phenoxy) is 2. The first-order chi connectivity index (χ1) is 12.4. The zero-order valence-corrected chi connectivity index (χ0v) is 14.4. The van der Waals surface area contributed by atoms with Crippen LogP contribution in [0.15, 0.2) is 24.3 Å². The fraction of sp³-hybridized carbons (Fsp3) is 0.611. The van der Waals surface area contributed by atoms with Crippen molar-refractivity contribution in [3.63, 3.8) is 0 Å². The molecule has 3 rings (SSSR count). The second-order valence-corrected chi connectivity index (χ2v) is 6.69. The predicted octanol–water partition coefficient (Wildman–Crippen LogP) is 3.21. The molecule has 1 aliphatic heterocycles. The van der Waals surface area contributed by atoms with Crippen molar-refractivity contribution in [1.82, 2.24) is 4.90 Å². The number of halogens is 3. The first kappa shape index (κ1) is 19.0. The second-order valence-electron chi connectivity index (χ2n) is 6.69. The van der Waals surface area contributed by atoms with E-state index in [2.05, 4.69) is 10.2 Å². The molecule has 1 unspecified atom stereocenters. The Morgan fingerprint density at radius 1 is 1.31 bits per heavy atom. The third-order valence-corrected chi connectivity index (χ3v) is 4.77. The summed E-state index contributed by atoms with van der Waals surface area (Å²) >= 11 is 0. The van der Waals surface area contributed by atoms with Crippen LogP contribution in [0.3, 0.4) is 0 Å². The van der Waals surface area contributed by atoms with E-state index in [-0.39, 0.29) is 17.7 Å². The molecule has 1 amide bonds. The van der Waals surface area contributed by atoms with Crippen molar-refractivity contribution in [2.75, 3.05) is 31.7 Å². The van der Waals surface area contributed by atoms with E-state index >= 15 is 0 Å². The zero-order valence-electron chi connectivity index (χ0n) is 14.4. The summed E-state index contributed by atoms with van der Waals surface area (Å²) in [7, 11) is 0. The lowest BCUT2D eigenvalue weighted by Gasteiger charge is -2.38. The molecule has 8 heteroatoms. The van der Waals surface area contributed by atoms with Crippen molar-refractivity contribution in [3.05, 3.63) is 24.3 Å². The van der Waals surface area contributed by atoms with Crippen molar-refractivity contribution in [2.24, 2.45) is 0 Å². The van der Waals surface area contributed by atoms with Gasteiger partial charge in [0.05, 0.1) is 13.2 Å². The summed E-state index contributed by atoms with van der Waals surface area (Å²) in [6, 6.07) is 6.01. The molecule has 2 fully saturated rings. The number of hydrogen-bond donors (Lipinski definition) is 1. The lowest BCUT2D eigenvalue weighted by molar-refractivity contribution is -0.153. The lowest BCUT2D eigenvalue weighted by atomic mass is 10.1. The summed E-state index contributed by atoms with van der Waals surface area (Å²) in [6.07, 6.45) is 0.124. The van der Waals surface area contributed by atoms with E-state index in [1.807, 2.05) is 0 Å². The van der Waals surface area contributed by atoms with Crippen LogP contribution in [0.1, 0.15) is 25.7 Å². The van der Waals surface area contributed by atoms with E-state index in [1.54, 1.807) is 12.1 Å². The average Bonchev–Trinajstić information content (AvgIpc) is 3.14. The number of nitrogens with one attached hydrogen (secondary N) is 1. The lowest BCUT2D eigenvalue weighted by Crippen LogP contribution is -2.55. The molecule has 2 aliphatic rings. The highest BCUT2D eigenvalue weighted by Gasteiger charge is 2.35. The van der Waals surface area contributed by atoms with Gasteiger partial charge in [0.25, 0.3) is 0 Å². The number of amides is 1. The molecule has 5 nitrogen and oxygen atoms in total. The summed E-state index contributed by atoms with van der Waals surface area (Å²) in [6.45, 7) is 0.293. The maximum Gasteiger partial charge on any atom is 0.422 e. The number of carbonyl (C=O) groups is 1. The van der Waals surface area contributed by atoms with Gasteiger partial charge in [-0.15, -0.1) is 0 Å². The van der Waals surface area contributed by atoms with E-state index < -0.39 is 12.8 Å². The Labute approximate surface area is 150 Å². The van der Waals surface area contributed by atoms with Crippen LogP contribution in [-0.4, -0.2) is 55.4 Å². The minimum atomic E-state index is -4.40. The topological polar surface area (TPSA) is 50.8 Å². The van der Waals surface area contributed by atoms with Gasteiger partial charge < -0.3 is 14.8 Å². The van der Waals surface area contributed by atoms with Gasteiger partial charge in [0, 0.05) is 24.3 Å². The monoisotopic (exact) mass is 372 g/mol. The third-order valence-electron chi connectivity index (χ3n) is 4.77. The summed E-state index contributed by atoms with van der Waals surface area (Å²) in [5.41, 5.74) is 0.409. The molecular weight excluding hydrogens is 349 g/mol. The molecule has 1 aromatic rings. The van der Waals surface area contributed by atoms with Crippen LogP contribution in [0.25, 0.3) is 0 Å². The number of anilines is 1. The fourth-order valence-electron chi connectivity index (χ4n) is 3.57. The van der Waals surface area contributed by atoms with Gasteiger partial charge in [-0.25, -0.2) is 0 Å². The first-order valence-corrected chi connectivity index (χ1v) is 8.86. The molecular formula is C18H23F3N2O3. The Balaban J connectivity index is 1.62. The summed E-state index contributed by atoms with van der Waals surface area (Å²) in [5.74, 6) is -0.141. The normalized spacial score (nSPS) is 22.3. The Hall–Kier alpha value is -1.80. The largest absolute Gasteiger partial charge is 0.484 e. The molecule has 0 aromatic heterocycles. The smallest absolute Gasteiger partial charge is 0.422 e. The molecule has 1 atom stereocenters. The van der Waals surface area contributed by atoms with Crippen molar-refractivity contribution < 1.29 is 27.4 Å². The first-order valence-electron chi connectivity index (χ1n) is 8.86. The molecule has 1 heterocycles. The Morgan fingerprint density at radius 3 is 2.81 bits per heavy atom. The van der Waals surface area contributed by atoms with Gasteiger partial charge in [-0.1, -0.05) is 18.9 Å². The highest BCUT2D eigenvalue weighted by Crippen LogP contribution is 2.27. The van der Waals surface area contributed by atoms with E-state index in [4.69, 9.17) is 9.47 Å². The van der Waals surface area contributed by atoms with Gasteiger partial charge in [-0.2, -0.15) is 13.2 Å². The van der Waals surface area contributed by atoms with Crippen LogP contribution in [0.5, 0.6) is 5.75 Å². The average molecular weight is 372 g/mol. The van der Waals surface area contributed by atoms with Crippen molar-refractivity contribution in [3.8, 4) is 5.75 Å². The highest BCUT2D eigenvalue weighted by atomic mass is 19.4. The number of morpholine rings is 1. The Kier molecular flexibility index (Phi) is 6.03. The van der Waals surface area contributed by atoms with E-state index in [0.29, 0.717) is 24.9 Å². The standard InChI is InChI=1S/C18H23F3N2O3/c19-18(20,21)12-26-15-7-3-4-13(10-15)22-17(24)16-11-25-9-8-23(16)14-5-1-2-6-14/h3-4,7,10,14,16H,1-2,5-6,8-9,11-12H2,(H,22,24). The Morgan fingerprint density at radius 2 is 2.08 bits per heavy atom. The van der Waals surface area contributed by atoms with Crippen LogP contribution in [0.4, 0.5) is 18.9 Å². The number of nitrogens with zero attached hydrogens (tertiary/aromatic N) is 1. The van der Waals surface area contributed by atoms with E-state index in [0.717, 1.165) is 19.4 Å². The SMILES string of the molecule is O=C(Nc1cccc(OCC(F)(F)F)c1)C1COCCN1C1CCCC1. The predicted molar refractivity (Wildman–Crippen MR) is 90.2 cm³/mol.